The Bertz CT molecular complexity index is 40.2. The first kappa shape index (κ1) is 6.84. The quantitative estimate of drug-likeness (QED) is 0.433. The number of hydrogen-bond donors (Lipinski definition) is 3. The summed E-state index contributed by atoms with van der Waals surface area (Å²) in [5, 5.41) is 16.0. The van der Waals surface area contributed by atoms with Crippen LogP contribution < -0.4 is 5.43 Å². The van der Waals surface area contributed by atoms with E-state index in [-0.39, 0.29) is 11.4 Å². The standard InChI is InChI=1S/C3H10N2O2/c1-3(2)4-5(6)7/h3-4,6-7H,1-2H3. The van der Waals surface area contributed by atoms with Crippen molar-refractivity contribution in [2.24, 2.45) is 0 Å². The van der Waals surface area contributed by atoms with Crippen molar-refractivity contribution < 1.29 is 10.4 Å². The van der Waals surface area contributed by atoms with E-state index in [9.17, 15) is 0 Å². The molecule has 0 aromatic heterocycles. The second-order valence-corrected chi connectivity index (χ2v) is 1.57. The molecule has 0 saturated carbocycles. The summed E-state index contributed by atoms with van der Waals surface area (Å²) in [5.74, 6) is 0. The van der Waals surface area contributed by atoms with Gasteiger partial charge in [0.15, 0.2) is 0 Å². The Hall–Kier alpha value is -0.160. The molecule has 0 unspecified atom stereocenters. The van der Waals surface area contributed by atoms with Crippen LogP contribution in [-0.4, -0.2) is 21.8 Å². The molecule has 0 aromatic carbocycles. The van der Waals surface area contributed by atoms with Crippen LogP contribution in [0.3, 0.4) is 0 Å². The average Bonchev–Trinajstić information content (AvgIpc) is 1.27. The highest BCUT2D eigenvalue weighted by atomic mass is 16.8. The fraction of sp³-hybridized carbons (Fsp3) is 1.00. The molecule has 7 heavy (non-hydrogen) atoms. The fourth-order valence-electron chi connectivity index (χ4n) is 0.231. The Balaban J connectivity index is 2.95. The molecule has 0 aliphatic rings. The summed E-state index contributed by atoms with van der Waals surface area (Å²) >= 11 is 0. The van der Waals surface area contributed by atoms with E-state index in [1.165, 1.54) is 0 Å². The van der Waals surface area contributed by atoms with Gasteiger partial charge < -0.3 is 0 Å². The molecule has 0 rings (SSSR count). The van der Waals surface area contributed by atoms with Crippen LogP contribution in [0.1, 0.15) is 13.8 Å². The molecule has 0 saturated heterocycles. The molecule has 4 nitrogen and oxygen atoms in total. The summed E-state index contributed by atoms with van der Waals surface area (Å²) < 4.78 is 0. The van der Waals surface area contributed by atoms with Gasteiger partial charge in [-0.15, -0.1) is 0 Å². The lowest BCUT2D eigenvalue weighted by molar-refractivity contribution is -0.345. The van der Waals surface area contributed by atoms with E-state index in [0.29, 0.717) is 0 Å². The van der Waals surface area contributed by atoms with E-state index in [1.807, 2.05) is 0 Å². The third-order valence-corrected chi connectivity index (χ3v) is 0.374. The predicted octanol–water partition coefficient (Wildman–Crippen LogP) is -0.0202. The summed E-state index contributed by atoms with van der Waals surface area (Å²) in [7, 11) is 0. The van der Waals surface area contributed by atoms with Crippen molar-refractivity contribution in [3.8, 4) is 0 Å². The number of nitrogens with zero attached hydrogens (tertiary/aromatic N) is 1. The van der Waals surface area contributed by atoms with Gasteiger partial charge in [0.1, 0.15) is 0 Å². The molecular weight excluding hydrogens is 96.0 g/mol. The first-order chi connectivity index (χ1) is 3.13. The molecule has 0 aliphatic carbocycles. The van der Waals surface area contributed by atoms with Gasteiger partial charge in [-0.1, -0.05) is 0 Å². The smallest absolute Gasteiger partial charge is 0.0204 e. The van der Waals surface area contributed by atoms with Gasteiger partial charge in [0.2, 0.25) is 0 Å². The van der Waals surface area contributed by atoms with Crippen molar-refractivity contribution >= 4 is 0 Å². The van der Waals surface area contributed by atoms with E-state index >= 15 is 0 Å². The highest BCUT2D eigenvalue weighted by Crippen LogP contribution is 1.73. The summed E-state index contributed by atoms with van der Waals surface area (Å²) in [4.78, 5) is 0. The summed E-state index contributed by atoms with van der Waals surface area (Å²) in [6.45, 7) is 3.58. The normalized spacial score (nSPS) is 11.1. The van der Waals surface area contributed by atoms with Gasteiger partial charge in [0.25, 0.3) is 0 Å². The molecule has 44 valence electrons. The molecule has 3 N–H and O–H groups in total. The Morgan fingerprint density at radius 1 is 1.43 bits per heavy atom. The minimum Gasteiger partial charge on any atom is -0.276 e. The lowest BCUT2D eigenvalue weighted by Gasteiger charge is -2.09. The minimum atomic E-state index is -0.0509. The van der Waals surface area contributed by atoms with E-state index in [1.54, 1.807) is 13.8 Å². The molecule has 0 spiro atoms. The third kappa shape index (κ3) is 5.84. The van der Waals surface area contributed by atoms with E-state index in [2.05, 4.69) is 5.43 Å². The largest absolute Gasteiger partial charge is 0.276 e. The molecular formula is C3H10N2O2. The molecule has 4 heteroatoms. The molecule has 0 bridgehead atoms. The van der Waals surface area contributed by atoms with Gasteiger partial charge in [0.05, 0.1) is 0 Å². The zero-order chi connectivity index (χ0) is 5.86. The molecule has 0 amide bonds. The zero-order valence-corrected chi connectivity index (χ0v) is 4.42. The maximum absolute atomic E-state index is 8.00. The Labute approximate surface area is 42.2 Å². The second-order valence-electron chi connectivity index (χ2n) is 1.57. The Kier molecular flexibility index (Phi) is 2.86. The van der Waals surface area contributed by atoms with Crippen LogP contribution in [0.5, 0.6) is 0 Å². The highest BCUT2D eigenvalue weighted by molar-refractivity contribution is 4.38. The maximum atomic E-state index is 8.00. The SMILES string of the molecule is CC(C)NN(O)O. The van der Waals surface area contributed by atoms with Crippen molar-refractivity contribution in [2.75, 3.05) is 0 Å². The monoisotopic (exact) mass is 106 g/mol. The Morgan fingerprint density at radius 2 is 1.86 bits per heavy atom. The van der Waals surface area contributed by atoms with Crippen molar-refractivity contribution in [3.05, 3.63) is 0 Å². The summed E-state index contributed by atoms with van der Waals surface area (Å²) in [5.41, 5.74) is 2.25. The van der Waals surface area contributed by atoms with Crippen molar-refractivity contribution in [1.29, 1.82) is 0 Å². The Morgan fingerprint density at radius 3 is 1.86 bits per heavy atom. The van der Waals surface area contributed by atoms with Gasteiger partial charge in [-0.3, -0.25) is 10.4 Å². The molecule has 0 aromatic rings. The van der Waals surface area contributed by atoms with Crippen LogP contribution in [-0.2, 0) is 0 Å². The maximum Gasteiger partial charge on any atom is 0.0204 e. The third-order valence-electron chi connectivity index (χ3n) is 0.374. The van der Waals surface area contributed by atoms with Gasteiger partial charge >= 0.3 is 0 Å². The predicted molar refractivity (Wildman–Crippen MR) is 23.7 cm³/mol. The lowest BCUT2D eigenvalue weighted by Crippen LogP contribution is -2.36. The van der Waals surface area contributed by atoms with Crippen LogP contribution in [0.2, 0.25) is 0 Å². The first-order valence-electron chi connectivity index (χ1n) is 2.07. The number of hydrazine groups is 1. The zero-order valence-electron chi connectivity index (χ0n) is 4.42. The summed E-state index contributed by atoms with van der Waals surface area (Å²) in [6.07, 6.45) is 0. The van der Waals surface area contributed by atoms with Crippen molar-refractivity contribution in [3.63, 3.8) is 0 Å². The van der Waals surface area contributed by atoms with Crippen LogP contribution in [0, 0.1) is 0 Å². The van der Waals surface area contributed by atoms with Crippen molar-refractivity contribution in [2.45, 2.75) is 19.9 Å². The van der Waals surface area contributed by atoms with Crippen LogP contribution in [0.25, 0.3) is 0 Å². The number of nitrogens with one attached hydrogen (secondary N) is 1. The molecule has 0 aliphatic heterocycles. The van der Waals surface area contributed by atoms with Gasteiger partial charge in [-0.05, 0) is 13.8 Å². The lowest BCUT2D eigenvalue weighted by atomic mass is 10.4. The molecule has 0 heterocycles. The van der Waals surface area contributed by atoms with Crippen LogP contribution in [0.4, 0.5) is 0 Å². The van der Waals surface area contributed by atoms with E-state index in [4.69, 9.17) is 10.4 Å². The minimum absolute atomic E-state index is 0.0509. The number of hydrogen-bond acceptors (Lipinski definition) is 4. The van der Waals surface area contributed by atoms with Gasteiger partial charge in [0, 0.05) is 11.4 Å². The molecule has 0 fully saturated rings. The van der Waals surface area contributed by atoms with E-state index < -0.39 is 0 Å². The average molecular weight is 106 g/mol. The summed E-state index contributed by atoms with van der Waals surface area (Å²) in [6, 6.07) is 0.0509. The van der Waals surface area contributed by atoms with Gasteiger partial charge in [-0.2, -0.15) is 0 Å². The topological polar surface area (TPSA) is 55.7 Å². The second kappa shape index (κ2) is 2.92. The molecule has 0 atom stereocenters. The van der Waals surface area contributed by atoms with Crippen LogP contribution in [0.15, 0.2) is 0 Å². The molecule has 0 radical (unpaired) electrons. The first-order valence-corrected chi connectivity index (χ1v) is 2.07. The number of rotatable bonds is 2. The van der Waals surface area contributed by atoms with Gasteiger partial charge in [-0.25, -0.2) is 5.43 Å². The van der Waals surface area contributed by atoms with E-state index in [0.717, 1.165) is 0 Å². The fourth-order valence-corrected chi connectivity index (χ4v) is 0.231. The van der Waals surface area contributed by atoms with Crippen molar-refractivity contribution in [1.82, 2.24) is 10.8 Å². The highest BCUT2D eigenvalue weighted by Gasteiger charge is 1.92. The van der Waals surface area contributed by atoms with Crippen LogP contribution >= 0.6 is 0 Å².